The van der Waals surface area contributed by atoms with Crippen molar-refractivity contribution in [3.63, 3.8) is 0 Å². The average Bonchev–Trinajstić information content (AvgIpc) is 3.61. The molecule has 2 aromatic carbocycles. The van der Waals surface area contributed by atoms with Gasteiger partial charge in [0, 0.05) is 54.3 Å². The smallest absolute Gasteiger partial charge is 0.159 e. The molecule has 196 valence electrons. The van der Waals surface area contributed by atoms with Crippen LogP contribution in [0.25, 0.3) is 50.3 Å². The number of imidazole rings is 1. The van der Waals surface area contributed by atoms with Crippen LogP contribution in [-0.2, 0) is 6.54 Å². The maximum Gasteiger partial charge on any atom is 0.159 e. The number of hydrogen-bond acceptors (Lipinski definition) is 5. The Labute approximate surface area is 229 Å². The van der Waals surface area contributed by atoms with Crippen LogP contribution in [0.5, 0.6) is 0 Å². The normalized spacial score (nSPS) is 13.5. The highest BCUT2D eigenvalue weighted by Gasteiger charge is 2.19. The van der Waals surface area contributed by atoms with Gasteiger partial charge in [-0.15, -0.1) is 0 Å². The molecule has 4 heterocycles. The lowest BCUT2D eigenvalue weighted by atomic mass is 9.93. The zero-order chi connectivity index (χ0) is 26.9. The lowest BCUT2D eigenvalue weighted by Gasteiger charge is -2.16. The molecule has 0 spiro atoms. The quantitative estimate of drug-likeness (QED) is 0.218. The van der Waals surface area contributed by atoms with Crippen molar-refractivity contribution < 1.29 is 4.39 Å². The summed E-state index contributed by atoms with van der Waals surface area (Å²) in [6, 6.07) is 19.4. The average molecular weight is 528 g/mol. The number of benzene rings is 2. The van der Waals surface area contributed by atoms with Crippen LogP contribution in [0, 0.1) is 5.82 Å². The van der Waals surface area contributed by atoms with Gasteiger partial charge in [-0.3, -0.25) is 15.1 Å². The van der Waals surface area contributed by atoms with Gasteiger partial charge in [-0.05, 0) is 48.2 Å². The molecule has 0 aliphatic heterocycles. The minimum Gasteiger partial charge on any atom is -0.336 e. The molecule has 1 aliphatic carbocycles. The van der Waals surface area contributed by atoms with Crippen LogP contribution in [0.2, 0.25) is 0 Å². The Balaban J connectivity index is 1.21. The molecule has 6 aromatic rings. The first-order valence-electron chi connectivity index (χ1n) is 13.3. The molecule has 0 amide bonds. The second-order valence-corrected chi connectivity index (χ2v) is 9.92. The summed E-state index contributed by atoms with van der Waals surface area (Å²) in [5.41, 5.74) is 8.50. The minimum atomic E-state index is -0.280. The topological polar surface area (TPSA) is 95.2 Å². The van der Waals surface area contributed by atoms with Gasteiger partial charge in [0.2, 0.25) is 0 Å². The Kier molecular flexibility index (Phi) is 6.22. The number of aromatic nitrogens is 6. The van der Waals surface area contributed by atoms with E-state index in [1.54, 1.807) is 18.6 Å². The van der Waals surface area contributed by atoms with Crippen LogP contribution in [0.3, 0.4) is 0 Å². The molecule has 4 aromatic heterocycles. The second kappa shape index (κ2) is 10.3. The van der Waals surface area contributed by atoms with Gasteiger partial charge in [-0.25, -0.2) is 9.37 Å². The van der Waals surface area contributed by atoms with Gasteiger partial charge in [-0.1, -0.05) is 48.1 Å². The fourth-order valence-electron chi connectivity index (χ4n) is 5.26. The number of H-pyrrole nitrogens is 2. The van der Waals surface area contributed by atoms with Crippen LogP contribution < -0.4 is 5.32 Å². The molecule has 0 unspecified atom stereocenters. The zero-order valence-corrected chi connectivity index (χ0v) is 21.7. The number of halogens is 1. The zero-order valence-electron chi connectivity index (χ0n) is 21.7. The second-order valence-electron chi connectivity index (χ2n) is 9.92. The van der Waals surface area contributed by atoms with Crippen LogP contribution in [0.1, 0.15) is 24.0 Å². The molecule has 0 saturated carbocycles. The molecule has 0 radical (unpaired) electrons. The van der Waals surface area contributed by atoms with Crippen molar-refractivity contribution >= 4 is 27.5 Å². The van der Waals surface area contributed by atoms with E-state index in [0.717, 1.165) is 59.2 Å². The largest absolute Gasteiger partial charge is 0.336 e. The third-order valence-corrected chi connectivity index (χ3v) is 7.25. The van der Waals surface area contributed by atoms with E-state index in [-0.39, 0.29) is 5.82 Å². The van der Waals surface area contributed by atoms with E-state index < -0.39 is 0 Å². The Bertz CT molecular complexity index is 1890. The van der Waals surface area contributed by atoms with E-state index in [9.17, 15) is 0 Å². The molecule has 40 heavy (non-hydrogen) atoms. The molecule has 3 N–H and O–H groups in total. The molecule has 7 rings (SSSR count). The van der Waals surface area contributed by atoms with Gasteiger partial charge >= 0.3 is 0 Å². The maximum absolute atomic E-state index is 15.4. The lowest BCUT2D eigenvalue weighted by Crippen LogP contribution is -2.17. The van der Waals surface area contributed by atoms with Gasteiger partial charge in [0.15, 0.2) is 5.82 Å². The number of nitrogens with one attached hydrogen (secondary N) is 3. The van der Waals surface area contributed by atoms with Crippen molar-refractivity contribution in [2.24, 2.45) is 0 Å². The van der Waals surface area contributed by atoms with E-state index in [1.807, 2.05) is 42.5 Å². The van der Waals surface area contributed by atoms with Crippen molar-refractivity contribution in [2.45, 2.75) is 19.4 Å². The Morgan fingerprint density at radius 2 is 1.77 bits per heavy atom. The number of nitrogens with zero attached hydrogens (tertiary/aromatic N) is 4. The molecule has 0 bridgehead atoms. The van der Waals surface area contributed by atoms with E-state index in [1.165, 1.54) is 17.2 Å². The molecule has 0 saturated heterocycles. The van der Waals surface area contributed by atoms with Crippen molar-refractivity contribution in [3.05, 3.63) is 114 Å². The third kappa shape index (κ3) is 4.58. The van der Waals surface area contributed by atoms with Gasteiger partial charge in [0.05, 0.1) is 16.7 Å². The Morgan fingerprint density at radius 3 is 2.65 bits per heavy atom. The molecule has 0 atom stereocenters. The molecule has 1 aliphatic rings. The van der Waals surface area contributed by atoms with Crippen molar-refractivity contribution in [1.82, 2.24) is 35.5 Å². The molecular weight excluding hydrogens is 501 g/mol. The van der Waals surface area contributed by atoms with E-state index >= 15 is 4.39 Å². The van der Waals surface area contributed by atoms with E-state index in [2.05, 4.69) is 54.8 Å². The first-order chi connectivity index (χ1) is 19.7. The van der Waals surface area contributed by atoms with Gasteiger partial charge in [0.25, 0.3) is 0 Å². The van der Waals surface area contributed by atoms with Gasteiger partial charge in [0.1, 0.15) is 17.0 Å². The summed E-state index contributed by atoms with van der Waals surface area (Å²) in [6.07, 6.45) is 11.3. The predicted molar refractivity (Wildman–Crippen MR) is 156 cm³/mol. The fourth-order valence-corrected chi connectivity index (χ4v) is 5.26. The number of allylic oxidation sites excluding steroid dienone is 3. The number of fused-ring (bicyclic) bond motifs is 2. The monoisotopic (exact) mass is 527 g/mol. The molecular formula is C32H26FN7. The van der Waals surface area contributed by atoms with Crippen molar-refractivity contribution in [1.29, 1.82) is 0 Å². The Morgan fingerprint density at radius 1 is 0.900 bits per heavy atom. The van der Waals surface area contributed by atoms with Gasteiger partial charge in [-0.2, -0.15) is 5.10 Å². The Hall–Kier alpha value is -4.95. The lowest BCUT2D eigenvalue weighted by molar-refractivity contribution is 0.625. The standard InChI is InChI=1S/C32H26FN7/c33-26-17-28-25(16-24(26)23-8-4-7-21(15-23)19-35-18-20-5-2-1-3-6-20)30(40-39-28)32-37-27-11-14-36-29(31(27)38-32)22-9-12-34-13-10-22/h1-3,5-6,8-17,35H,4,7,18-19H2,(H,37,38)(H,39,40). The van der Waals surface area contributed by atoms with E-state index in [0.29, 0.717) is 22.6 Å². The summed E-state index contributed by atoms with van der Waals surface area (Å²) in [5.74, 6) is 0.318. The van der Waals surface area contributed by atoms with Crippen molar-refractivity contribution in [3.8, 4) is 22.8 Å². The highest BCUT2D eigenvalue weighted by atomic mass is 19.1. The number of aromatic amines is 2. The molecule has 7 nitrogen and oxygen atoms in total. The van der Waals surface area contributed by atoms with Gasteiger partial charge < -0.3 is 10.3 Å². The third-order valence-electron chi connectivity index (χ3n) is 7.25. The first-order valence-corrected chi connectivity index (χ1v) is 13.3. The number of pyridine rings is 2. The van der Waals surface area contributed by atoms with Crippen LogP contribution in [0.15, 0.2) is 97.0 Å². The fraction of sp³-hybridized carbons (Fsp3) is 0.125. The number of hydrogen-bond donors (Lipinski definition) is 3. The predicted octanol–water partition coefficient (Wildman–Crippen LogP) is 6.60. The summed E-state index contributed by atoms with van der Waals surface area (Å²) in [5, 5.41) is 11.8. The van der Waals surface area contributed by atoms with Crippen LogP contribution in [0.4, 0.5) is 4.39 Å². The van der Waals surface area contributed by atoms with Crippen LogP contribution >= 0.6 is 0 Å². The summed E-state index contributed by atoms with van der Waals surface area (Å²) in [4.78, 5) is 16.9. The summed E-state index contributed by atoms with van der Waals surface area (Å²) in [6.45, 7) is 1.56. The summed E-state index contributed by atoms with van der Waals surface area (Å²) >= 11 is 0. The summed E-state index contributed by atoms with van der Waals surface area (Å²) < 4.78 is 15.4. The van der Waals surface area contributed by atoms with Crippen LogP contribution in [-0.4, -0.2) is 36.7 Å². The maximum atomic E-state index is 15.4. The minimum absolute atomic E-state index is 0.280. The number of rotatable bonds is 7. The van der Waals surface area contributed by atoms with E-state index in [4.69, 9.17) is 4.98 Å². The first kappa shape index (κ1) is 24.1. The molecule has 0 fully saturated rings. The molecule has 8 heteroatoms. The highest BCUT2D eigenvalue weighted by molar-refractivity contribution is 5.97. The SMILES string of the molecule is Fc1cc2[nH]nc(-c3nc4c(-c5ccncc5)nccc4[nH]3)c2cc1C1=CCCC(CNCc2ccccc2)=C1. The van der Waals surface area contributed by atoms with Crippen molar-refractivity contribution in [2.75, 3.05) is 6.54 Å². The highest BCUT2D eigenvalue weighted by Crippen LogP contribution is 2.34. The summed E-state index contributed by atoms with van der Waals surface area (Å²) in [7, 11) is 0.